The molecule has 1 aromatic rings. The van der Waals surface area contributed by atoms with E-state index in [1.807, 2.05) is 11.8 Å². The molecule has 1 heterocycles. The van der Waals surface area contributed by atoms with Gasteiger partial charge >= 0.3 is 0 Å². The van der Waals surface area contributed by atoms with E-state index in [-0.39, 0.29) is 18.0 Å². The molecule has 0 radical (unpaired) electrons. The maximum Gasteiger partial charge on any atom is 0.193 e. The van der Waals surface area contributed by atoms with Crippen LogP contribution in [0.4, 0.5) is 4.39 Å². The molecule has 6 heteroatoms. The Morgan fingerprint density at radius 1 is 1.43 bits per heavy atom. The van der Waals surface area contributed by atoms with Crippen molar-refractivity contribution >= 4 is 17.7 Å². The predicted octanol–water partition coefficient (Wildman–Crippen LogP) is 2.91. The molecule has 0 aromatic heterocycles. The first-order valence-electron chi connectivity index (χ1n) is 7.92. The summed E-state index contributed by atoms with van der Waals surface area (Å²) in [6.07, 6.45) is 2.13. The lowest BCUT2D eigenvalue weighted by atomic mass is 10.1. The van der Waals surface area contributed by atoms with E-state index in [1.54, 1.807) is 19.2 Å². The van der Waals surface area contributed by atoms with Crippen LogP contribution in [0.15, 0.2) is 29.3 Å². The Bertz CT molecular complexity index is 523. The zero-order valence-electron chi connectivity index (χ0n) is 14.3. The number of guanidine groups is 1. The topological polar surface area (TPSA) is 36.9 Å². The number of halogens is 1. The van der Waals surface area contributed by atoms with Gasteiger partial charge in [0.05, 0.1) is 12.6 Å². The highest BCUT2D eigenvalue weighted by Crippen LogP contribution is 2.25. The third kappa shape index (κ3) is 5.11. The number of morpholine rings is 1. The van der Waals surface area contributed by atoms with Crippen molar-refractivity contribution in [2.75, 3.05) is 32.9 Å². The Morgan fingerprint density at radius 3 is 2.74 bits per heavy atom. The van der Waals surface area contributed by atoms with Crippen molar-refractivity contribution < 1.29 is 9.13 Å². The summed E-state index contributed by atoms with van der Waals surface area (Å²) in [5.74, 6) is 0.672. The minimum absolute atomic E-state index is 0.0733. The molecule has 0 spiro atoms. The molecule has 1 aromatic carbocycles. The zero-order chi connectivity index (χ0) is 16.8. The van der Waals surface area contributed by atoms with E-state index in [0.29, 0.717) is 11.8 Å². The van der Waals surface area contributed by atoms with Crippen molar-refractivity contribution in [3.63, 3.8) is 0 Å². The summed E-state index contributed by atoms with van der Waals surface area (Å²) in [7, 11) is 1.80. The molecule has 1 fully saturated rings. The minimum atomic E-state index is -0.224. The van der Waals surface area contributed by atoms with Crippen molar-refractivity contribution in [2.45, 2.75) is 31.3 Å². The van der Waals surface area contributed by atoms with Crippen molar-refractivity contribution in [3.05, 3.63) is 35.6 Å². The monoisotopic (exact) mass is 339 g/mol. The van der Waals surface area contributed by atoms with Crippen LogP contribution in [0.25, 0.3) is 0 Å². The Hall–Kier alpha value is -1.27. The third-order valence-electron chi connectivity index (χ3n) is 3.96. The number of thioether (sulfide) groups is 1. The maximum absolute atomic E-state index is 13.1. The van der Waals surface area contributed by atoms with Gasteiger partial charge in [0, 0.05) is 25.4 Å². The number of benzene rings is 1. The van der Waals surface area contributed by atoms with Gasteiger partial charge in [0.15, 0.2) is 5.96 Å². The first-order chi connectivity index (χ1) is 11.0. The molecule has 1 N–H and O–H groups in total. The fraction of sp³-hybridized carbons (Fsp3) is 0.588. The second kappa shape index (κ2) is 8.55. The van der Waals surface area contributed by atoms with Crippen LogP contribution in [-0.4, -0.2) is 55.2 Å². The number of ether oxygens (including phenoxy) is 1. The summed E-state index contributed by atoms with van der Waals surface area (Å²) < 4.78 is 19.2. The number of hydrogen-bond donors (Lipinski definition) is 1. The van der Waals surface area contributed by atoms with Gasteiger partial charge in [0.25, 0.3) is 0 Å². The van der Waals surface area contributed by atoms with Gasteiger partial charge in [-0.05, 0) is 30.9 Å². The first kappa shape index (κ1) is 18.1. The normalized spacial score (nSPS) is 23.7. The molecule has 128 valence electrons. The highest BCUT2D eigenvalue weighted by molar-refractivity contribution is 7.99. The van der Waals surface area contributed by atoms with Crippen molar-refractivity contribution in [3.8, 4) is 0 Å². The average Bonchev–Trinajstić information content (AvgIpc) is 2.55. The van der Waals surface area contributed by atoms with Gasteiger partial charge in [0.1, 0.15) is 11.9 Å². The summed E-state index contributed by atoms with van der Waals surface area (Å²) in [6.45, 7) is 6.63. The molecule has 3 unspecified atom stereocenters. The fourth-order valence-electron chi connectivity index (χ4n) is 2.64. The maximum atomic E-state index is 13.1. The fourth-order valence-corrected chi connectivity index (χ4v) is 2.89. The molecular weight excluding hydrogens is 313 g/mol. The second-order valence-corrected chi connectivity index (χ2v) is 7.14. The first-order valence-corrected chi connectivity index (χ1v) is 9.21. The molecule has 1 saturated heterocycles. The molecule has 2 rings (SSSR count). The lowest BCUT2D eigenvalue weighted by molar-refractivity contribution is -0.0604. The molecule has 4 nitrogen and oxygen atoms in total. The van der Waals surface area contributed by atoms with E-state index in [2.05, 4.69) is 35.3 Å². The SMILES string of the molecule is CN=C(NCC(C)SC)N1CC(C)OC(c2ccc(F)cc2)C1. The molecule has 0 saturated carbocycles. The molecule has 23 heavy (non-hydrogen) atoms. The zero-order valence-corrected chi connectivity index (χ0v) is 15.1. The number of nitrogens with zero attached hydrogens (tertiary/aromatic N) is 2. The van der Waals surface area contributed by atoms with E-state index in [9.17, 15) is 4.39 Å². The van der Waals surface area contributed by atoms with Crippen LogP contribution in [0.5, 0.6) is 0 Å². The summed E-state index contributed by atoms with van der Waals surface area (Å²) in [6, 6.07) is 6.55. The van der Waals surface area contributed by atoms with Crippen LogP contribution in [-0.2, 0) is 4.74 Å². The summed E-state index contributed by atoms with van der Waals surface area (Å²) >= 11 is 1.83. The quantitative estimate of drug-likeness (QED) is 0.676. The molecule has 0 bridgehead atoms. The molecular formula is C17H26FN3OS. The molecule has 3 atom stereocenters. The molecule has 0 amide bonds. The second-order valence-electron chi connectivity index (χ2n) is 5.87. The number of nitrogens with one attached hydrogen (secondary N) is 1. The largest absolute Gasteiger partial charge is 0.367 e. The summed E-state index contributed by atoms with van der Waals surface area (Å²) in [4.78, 5) is 6.62. The highest BCUT2D eigenvalue weighted by Gasteiger charge is 2.28. The van der Waals surface area contributed by atoms with E-state index < -0.39 is 0 Å². The smallest absolute Gasteiger partial charge is 0.193 e. The van der Waals surface area contributed by atoms with Gasteiger partial charge in [-0.3, -0.25) is 4.99 Å². The Labute approximate surface area is 142 Å². The van der Waals surface area contributed by atoms with Gasteiger partial charge in [-0.2, -0.15) is 11.8 Å². The predicted molar refractivity (Wildman–Crippen MR) is 95.6 cm³/mol. The van der Waals surface area contributed by atoms with Gasteiger partial charge in [0.2, 0.25) is 0 Å². The van der Waals surface area contributed by atoms with Crippen molar-refractivity contribution in [2.24, 2.45) is 4.99 Å². The molecule has 0 aliphatic carbocycles. The molecule has 1 aliphatic heterocycles. The van der Waals surface area contributed by atoms with E-state index in [0.717, 1.165) is 24.6 Å². The van der Waals surface area contributed by atoms with Crippen LogP contribution in [0, 0.1) is 5.82 Å². The van der Waals surface area contributed by atoms with Crippen LogP contribution in [0.2, 0.25) is 0 Å². The van der Waals surface area contributed by atoms with Crippen molar-refractivity contribution in [1.29, 1.82) is 0 Å². The minimum Gasteiger partial charge on any atom is -0.367 e. The van der Waals surface area contributed by atoms with Gasteiger partial charge in [-0.15, -0.1) is 0 Å². The van der Waals surface area contributed by atoms with E-state index >= 15 is 0 Å². The summed E-state index contributed by atoms with van der Waals surface area (Å²) in [5.41, 5.74) is 0.996. The van der Waals surface area contributed by atoms with Gasteiger partial charge in [-0.25, -0.2) is 4.39 Å². The lowest BCUT2D eigenvalue weighted by Gasteiger charge is -2.39. The standard InChI is InChI=1S/C17H26FN3OS/c1-12-10-21(17(19-3)20-9-13(2)23-4)11-16(22-12)14-5-7-15(18)8-6-14/h5-8,12-13,16H,9-11H2,1-4H3,(H,19,20). The van der Waals surface area contributed by atoms with Crippen LogP contribution in [0.3, 0.4) is 0 Å². The molecule has 1 aliphatic rings. The third-order valence-corrected chi connectivity index (χ3v) is 4.93. The van der Waals surface area contributed by atoms with Gasteiger partial charge in [-0.1, -0.05) is 19.1 Å². The Balaban J connectivity index is 2.05. The van der Waals surface area contributed by atoms with Crippen LogP contribution >= 0.6 is 11.8 Å². The lowest BCUT2D eigenvalue weighted by Crippen LogP contribution is -2.51. The number of rotatable bonds is 4. The average molecular weight is 339 g/mol. The number of hydrogen-bond acceptors (Lipinski definition) is 3. The van der Waals surface area contributed by atoms with Crippen LogP contribution in [0.1, 0.15) is 25.5 Å². The highest BCUT2D eigenvalue weighted by atomic mass is 32.2. The van der Waals surface area contributed by atoms with Crippen molar-refractivity contribution in [1.82, 2.24) is 10.2 Å². The number of aliphatic imine (C=N–C) groups is 1. The van der Waals surface area contributed by atoms with E-state index in [1.165, 1.54) is 12.1 Å². The van der Waals surface area contributed by atoms with E-state index in [4.69, 9.17) is 4.74 Å². The Morgan fingerprint density at radius 2 is 2.13 bits per heavy atom. The Kier molecular flexibility index (Phi) is 6.72. The van der Waals surface area contributed by atoms with Crippen LogP contribution < -0.4 is 5.32 Å². The summed E-state index contributed by atoms with van der Waals surface area (Å²) in [5, 5.41) is 3.96. The van der Waals surface area contributed by atoms with Gasteiger partial charge < -0.3 is 15.0 Å².